The second-order valence-corrected chi connectivity index (χ2v) is 14.4. The van der Waals surface area contributed by atoms with E-state index in [1.165, 1.54) is 44.0 Å². The minimum Gasteiger partial charge on any atom is -0.296 e. The first kappa shape index (κ1) is 30.2. The van der Waals surface area contributed by atoms with Gasteiger partial charge in [0.25, 0.3) is 0 Å². The third-order valence-corrected chi connectivity index (χ3v) is 11.6. The first-order chi connectivity index (χ1) is 27.3. The van der Waals surface area contributed by atoms with Crippen LogP contribution in [0.2, 0.25) is 0 Å². The Morgan fingerprint density at radius 3 is 2.00 bits per heavy atom. The molecule has 7 heteroatoms. The fourth-order valence-electron chi connectivity index (χ4n) is 9.54. The van der Waals surface area contributed by atoms with Crippen molar-refractivity contribution in [3.8, 4) is 11.4 Å². The topological polar surface area (TPSA) is 51.8 Å². The SMILES string of the molecule is c1ccc(C2c3ccccc3B3c4c2cc(N(c2ccccn2)c2ccccn2)cc4-n2c4c3cccc4c3c4ncccc4n(-c4ccccc4)c32)cc1. The van der Waals surface area contributed by atoms with E-state index in [9.17, 15) is 0 Å². The maximum absolute atomic E-state index is 5.08. The van der Waals surface area contributed by atoms with E-state index in [-0.39, 0.29) is 12.6 Å². The van der Waals surface area contributed by atoms with Crippen molar-refractivity contribution >= 4 is 73.4 Å². The zero-order valence-corrected chi connectivity index (χ0v) is 29.7. The number of pyridine rings is 3. The van der Waals surface area contributed by atoms with Gasteiger partial charge in [0, 0.05) is 41.3 Å². The van der Waals surface area contributed by atoms with Crippen LogP contribution in [0.25, 0.3) is 44.3 Å². The highest BCUT2D eigenvalue weighted by Gasteiger charge is 2.44. The molecule has 10 aromatic rings. The zero-order valence-electron chi connectivity index (χ0n) is 29.7. The largest absolute Gasteiger partial charge is 0.296 e. The predicted octanol–water partition coefficient (Wildman–Crippen LogP) is 8.71. The highest BCUT2D eigenvalue weighted by Crippen LogP contribution is 2.45. The minimum atomic E-state index is 0.00474. The average Bonchev–Trinajstić information content (AvgIpc) is 3.77. The van der Waals surface area contributed by atoms with Gasteiger partial charge in [-0.25, -0.2) is 9.97 Å². The van der Waals surface area contributed by atoms with Crippen LogP contribution in [0, 0.1) is 0 Å². The smallest absolute Gasteiger partial charge is 0.247 e. The van der Waals surface area contributed by atoms with Gasteiger partial charge < -0.3 is 0 Å². The Hall–Kier alpha value is -7.25. The van der Waals surface area contributed by atoms with Gasteiger partial charge in [0.1, 0.15) is 17.3 Å². The van der Waals surface area contributed by atoms with Gasteiger partial charge in [-0.2, -0.15) is 0 Å². The van der Waals surface area contributed by atoms with E-state index in [0.717, 1.165) is 50.8 Å². The fourth-order valence-corrected chi connectivity index (χ4v) is 9.54. The highest BCUT2D eigenvalue weighted by molar-refractivity contribution is 6.99. The fraction of sp³-hybridized carbons (Fsp3) is 0.0208. The van der Waals surface area contributed by atoms with Crippen molar-refractivity contribution in [3.05, 3.63) is 199 Å². The van der Waals surface area contributed by atoms with Crippen molar-refractivity contribution in [2.75, 3.05) is 4.90 Å². The summed E-state index contributed by atoms with van der Waals surface area (Å²) >= 11 is 0. The van der Waals surface area contributed by atoms with E-state index in [0.29, 0.717) is 0 Å². The van der Waals surface area contributed by atoms with E-state index in [1.54, 1.807) is 0 Å². The number of hydrogen-bond acceptors (Lipinski definition) is 4. The van der Waals surface area contributed by atoms with Crippen LogP contribution < -0.4 is 21.3 Å². The standard InChI is InChI=1S/C48H31BN6/c1-3-15-31(16-4-1)43-34-19-7-8-21-37(34)49-38-22-13-20-35-44-46-39(23-14-28-52-46)53(32-17-5-2-6-18-32)48(44)55(47(35)38)40-30-33(29-36(43)45(40)49)54(41-24-9-11-26-50-41)42-25-10-12-27-51-42/h1-30,43H. The molecule has 5 aromatic carbocycles. The summed E-state index contributed by atoms with van der Waals surface area (Å²) in [7, 11) is 0. The third kappa shape index (κ3) is 4.23. The molecule has 0 amide bonds. The first-order valence-corrected chi connectivity index (χ1v) is 18.8. The molecule has 1 unspecified atom stereocenters. The third-order valence-electron chi connectivity index (χ3n) is 11.6. The van der Waals surface area contributed by atoms with Crippen molar-refractivity contribution in [2.45, 2.75) is 5.92 Å². The Balaban J connectivity index is 1.29. The van der Waals surface area contributed by atoms with Gasteiger partial charge >= 0.3 is 0 Å². The van der Waals surface area contributed by atoms with Crippen molar-refractivity contribution in [2.24, 2.45) is 0 Å². The molecule has 0 spiro atoms. The van der Waals surface area contributed by atoms with Crippen LogP contribution in [0.15, 0.2) is 182 Å². The van der Waals surface area contributed by atoms with Crippen molar-refractivity contribution in [1.29, 1.82) is 0 Å². The van der Waals surface area contributed by atoms with Gasteiger partial charge in [0.2, 0.25) is 6.71 Å². The Labute approximate surface area is 317 Å². The molecule has 2 aliphatic heterocycles. The maximum atomic E-state index is 5.08. The molecule has 5 aromatic heterocycles. The van der Waals surface area contributed by atoms with Crippen LogP contribution in [0.5, 0.6) is 0 Å². The normalized spacial score (nSPS) is 14.0. The number of para-hydroxylation sites is 2. The maximum Gasteiger partial charge on any atom is 0.247 e. The van der Waals surface area contributed by atoms with Crippen LogP contribution >= 0.6 is 0 Å². The molecule has 0 saturated carbocycles. The van der Waals surface area contributed by atoms with E-state index in [1.807, 2.05) is 48.9 Å². The molecular formula is C48H31BN6. The first-order valence-electron chi connectivity index (χ1n) is 18.8. The molecule has 0 saturated heterocycles. The quantitative estimate of drug-likeness (QED) is 0.169. The van der Waals surface area contributed by atoms with Crippen LogP contribution in [-0.4, -0.2) is 30.8 Å². The molecule has 0 fully saturated rings. The molecule has 2 aliphatic rings. The average molecular weight is 703 g/mol. The summed E-state index contributed by atoms with van der Waals surface area (Å²) in [6.45, 7) is 0.0352. The van der Waals surface area contributed by atoms with Gasteiger partial charge in [0.15, 0.2) is 0 Å². The summed E-state index contributed by atoms with van der Waals surface area (Å²) in [5.41, 5.74) is 15.5. The van der Waals surface area contributed by atoms with Crippen LogP contribution in [0.1, 0.15) is 22.6 Å². The summed E-state index contributed by atoms with van der Waals surface area (Å²) in [4.78, 5) is 17.1. The zero-order chi connectivity index (χ0) is 36.0. The lowest BCUT2D eigenvalue weighted by Crippen LogP contribution is -2.61. The molecule has 0 radical (unpaired) electrons. The van der Waals surface area contributed by atoms with Gasteiger partial charge in [-0.15, -0.1) is 0 Å². The predicted molar refractivity (Wildman–Crippen MR) is 224 cm³/mol. The molecule has 7 heterocycles. The summed E-state index contributed by atoms with van der Waals surface area (Å²) in [5, 5.41) is 2.37. The van der Waals surface area contributed by atoms with E-state index >= 15 is 0 Å². The molecule has 0 bridgehead atoms. The number of rotatable bonds is 5. The summed E-state index contributed by atoms with van der Waals surface area (Å²) in [6.07, 6.45) is 5.63. The molecular weight excluding hydrogens is 671 g/mol. The Bertz CT molecular complexity index is 3060. The van der Waals surface area contributed by atoms with E-state index in [2.05, 4.69) is 147 Å². The minimum absolute atomic E-state index is 0.00474. The van der Waals surface area contributed by atoms with Crippen molar-refractivity contribution < 1.29 is 0 Å². The number of benzene rings is 5. The molecule has 0 N–H and O–H groups in total. The lowest BCUT2D eigenvalue weighted by atomic mass is 9.31. The van der Waals surface area contributed by atoms with Crippen molar-refractivity contribution in [3.63, 3.8) is 0 Å². The summed E-state index contributed by atoms with van der Waals surface area (Å²) in [6, 6.07) is 58.8. The van der Waals surface area contributed by atoms with Crippen LogP contribution in [-0.2, 0) is 0 Å². The monoisotopic (exact) mass is 702 g/mol. The number of aromatic nitrogens is 5. The van der Waals surface area contributed by atoms with Gasteiger partial charge in [-0.05, 0) is 88.3 Å². The van der Waals surface area contributed by atoms with Crippen molar-refractivity contribution in [1.82, 2.24) is 24.1 Å². The number of hydrogen-bond donors (Lipinski definition) is 0. The molecule has 1 atom stereocenters. The van der Waals surface area contributed by atoms with E-state index in [4.69, 9.17) is 15.0 Å². The lowest BCUT2D eigenvalue weighted by molar-refractivity contribution is 0.974. The van der Waals surface area contributed by atoms with Crippen LogP contribution in [0.3, 0.4) is 0 Å². The molecule has 6 nitrogen and oxygen atoms in total. The molecule has 12 rings (SSSR count). The summed E-state index contributed by atoms with van der Waals surface area (Å²) < 4.78 is 4.94. The number of fused-ring (bicyclic) bond motifs is 9. The second kappa shape index (κ2) is 11.6. The highest BCUT2D eigenvalue weighted by atomic mass is 15.2. The molecule has 256 valence electrons. The number of nitrogens with zero attached hydrogens (tertiary/aromatic N) is 6. The Kier molecular flexibility index (Phi) is 6.39. The lowest BCUT2D eigenvalue weighted by Gasteiger charge is -2.39. The second-order valence-electron chi connectivity index (χ2n) is 14.4. The number of anilines is 3. The van der Waals surface area contributed by atoms with Gasteiger partial charge in [-0.3, -0.25) is 19.0 Å². The van der Waals surface area contributed by atoms with Gasteiger partial charge in [0.05, 0.1) is 27.6 Å². The Morgan fingerprint density at radius 1 is 0.545 bits per heavy atom. The van der Waals surface area contributed by atoms with E-state index < -0.39 is 0 Å². The molecule has 55 heavy (non-hydrogen) atoms. The molecule has 0 aliphatic carbocycles. The summed E-state index contributed by atoms with van der Waals surface area (Å²) in [5.74, 6) is 1.61. The van der Waals surface area contributed by atoms with Crippen LogP contribution in [0.4, 0.5) is 17.3 Å². The van der Waals surface area contributed by atoms with Gasteiger partial charge in [-0.1, -0.05) is 109 Å². The Morgan fingerprint density at radius 2 is 1.24 bits per heavy atom.